The Hall–Kier alpha value is -2.07. The zero-order valence-electron chi connectivity index (χ0n) is 14.7. The first kappa shape index (κ1) is 15.5. The number of nitrogens with zero attached hydrogens (tertiary/aromatic N) is 2. The fraction of sp³-hybridized carbons (Fsp3) is 0.450. The Bertz CT molecular complexity index is 815. The minimum Gasteiger partial charge on any atom is -0.361 e. The molecule has 0 bridgehead atoms. The minimum atomic E-state index is -0.0270. The fourth-order valence-electron chi connectivity index (χ4n) is 4.48. The first-order valence-electron chi connectivity index (χ1n) is 8.92. The number of benzene rings is 1. The molecule has 0 spiro atoms. The molecule has 2 atom stereocenters. The molecule has 4 nitrogen and oxygen atoms in total. The first-order valence-corrected chi connectivity index (χ1v) is 8.92. The SMILES string of the molecule is CCN(CC)C(=O)[C@@H]1C=C2Cc3cccc4[nH]cc(c34)[C@H]2N(C)C1. The van der Waals surface area contributed by atoms with Crippen molar-refractivity contribution in [1.82, 2.24) is 14.8 Å². The number of likely N-dealkylation sites (N-methyl/N-ethyl adjacent to an activating group) is 1. The van der Waals surface area contributed by atoms with Crippen LogP contribution in [0.2, 0.25) is 0 Å². The van der Waals surface area contributed by atoms with Gasteiger partial charge in [-0.05, 0) is 50.1 Å². The lowest BCUT2D eigenvalue weighted by atomic mass is 9.80. The molecule has 1 aromatic carbocycles. The van der Waals surface area contributed by atoms with Crippen LogP contribution in [-0.2, 0) is 11.2 Å². The highest BCUT2D eigenvalue weighted by molar-refractivity contribution is 5.89. The summed E-state index contributed by atoms with van der Waals surface area (Å²) >= 11 is 0. The number of rotatable bonds is 3. The molecule has 2 aromatic rings. The van der Waals surface area contributed by atoms with E-state index in [1.807, 2.05) is 4.90 Å². The highest BCUT2D eigenvalue weighted by atomic mass is 16.2. The van der Waals surface area contributed by atoms with Crippen LogP contribution in [0.4, 0.5) is 0 Å². The Morgan fingerprint density at radius 1 is 1.33 bits per heavy atom. The van der Waals surface area contributed by atoms with Gasteiger partial charge >= 0.3 is 0 Å². The van der Waals surface area contributed by atoms with Crippen molar-refractivity contribution >= 4 is 16.8 Å². The molecule has 2 aliphatic rings. The van der Waals surface area contributed by atoms with Gasteiger partial charge in [0, 0.05) is 36.7 Å². The topological polar surface area (TPSA) is 39.3 Å². The second-order valence-corrected chi connectivity index (χ2v) is 6.96. The summed E-state index contributed by atoms with van der Waals surface area (Å²) < 4.78 is 0. The Morgan fingerprint density at radius 2 is 2.12 bits per heavy atom. The summed E-state index contributed by atoms with van der Waals surface area (Å²) in [6.07, 6.45) is 5.34. The lowest BCUT2D eigenvalue weighted by Crippen LogP contribution is -2.44. The molecular weight excluding hydrogens is 298 g/mol. The molecule has 0 saturated heterocycles. The number of carbonyl (C=O) groups is 1. The standard InChI is InChI=1S/C20H25N3O/c1-4-23(5-2)20(24)15-10-14-9-13-7-6-8-17-18(13)16(11-21-17)19(14)22(3)12-15/h6-8,10-11,15,19,21H,4-5,9,12H2,1-3H3/t15-,19+/m1/s1. The van der Waals surface area contributed by atoms with Crippen molar-refractivity contribution in [3.63, 3.8) is 0 Å². The van der Waals surface area contributed by atoms with Crippen molar-refractivity contribution in [2.75, 3.05) is 26.7 Å². The van der Waals surface area contributed by atoms with E-state index >= 15 is 0 Å². The zero-order valence-corrected chi connectivity index (χ0v) is 14.7. The number of aromatic nitrogens is 1. The maximum Gasteiger partial charge on any atom is 0.230 e. The van der Waals surface area contributed by atoms with Crippen molar-refractivity contribution in [2.24, 2.45) is 5.92 Å². The molecular formula is C20H25N3O. The molecule has 0 radical (unpaired) electrons. The zero-order chi connectivity index (χ0) is 16.8. The van der Waals surface area contributed by atoms with Gasteiger partial charge in [-0.2, -0.15) is 0 Å². The highest BCUT2D eigenvalue weighted by Gasteiger charge is 2.36. The van der Waals surface area contributed by atoms with Crippen LogP contribution in [0.3, 0.4) is 0 Å². The Kier molecular flexibility index (Phi) is 3.72. The number of hydrogen-bond acceptors (Lipinski definition) is 2. The van der Waals surface area contributed by atoms with Crippen LogP contribution < -0.4 is 0 Å². The molecule has 1 N–H and O–H groups in total. The summed E-state index contributed by atoms with van der Waals surface area (Å²) in [6, 6.07) is 6.78. The van der Waals surface area contributed by atoms with Crippen LogP contribution >= 0.6 is 0 Å². The molecule has 1 aliphatic heterocycles. The van der Waals surface area contributed by atoms with Gasteiger partial charge in [-0.15, -0.1) is 0 Å². The Balaban J connectivity index is 1.74. The van der Waals surface area contributed by atoms with Crippen molar-refractivity contribution in [3.05, 3.63) is 47.2 Å². The number of amides is 1. The fourth-order valence-corrected chi connectivity index (χ4v) is 4.48. The van der Waals surface area contributed by atoms with E-state index in [4.69, 9.17) is 0 Å². The number of fused-ring (bicyclic) bond motifs is 2. The summed E-state index contributed by atoms with van der Waals surface area (Å²) in [5.74, 6) is 0.233. The predicted molar refractivity (Wildman–Crippen MR) is 96.9 cm³/mol. The van der Waals surface area contributed by atoms with Crippen molar-refractivity contribution in [1.29, 1.82) is 0 Å². The number of hydrogen-bond donors (Lipinski definition) is 1. The number of H-pyrrole nitrogens is 1. The van der Waals surface area contributed by atoms with Crippen LogP contribution in [-0.4, -0.2) is 47.4 Å². The van der Waals surface area contributed by atoms with Gasteiger partial charge in [0.15, 0.2) is 0 Å². The Morgan fingerprint density at radius 3 is 2.88 bits per heavy atom. The molecule has 126 valence electrons. The average Bonchev–Trinajstić information content (AvgIpc) is 3.01. The molecule has 0 unspecified atom stereocenters. The number of aromatic amines is 1. The Labute approximate surface area is 143 Å². The third-order valence-corrected chi connectivity index (χ3v) is 5.60. The van der Waals surface area contributed by atoms with Crippen LogP contribution in [0, 0.1) is 5.92 Å². The van der Waals surface area contributed by atoms with E-state index in [-0.39, 0.29) is 11.8 Å². The minimum absolute atomic E-state index is 0.0270. The summed E-state index contributed by atoms with van der Waals surface area (Å²) in [5.41, 5.74) is 5.31. The number of nitrogens with one attached hydrogen (secondary N) is 1. The van der Waals surface area contributed by atoms with Gasteiger partial charge in [0.1, 0.15) is 0 Å². The van der Waals surface area contributed by atoms with Gasteiger partial charge in [-0.25, -0.2) is 0 Å². The monoisotopic (exact) mass is 323 g/mol. The molecule has 0 saturated carbocycles. The molecule has 0 fully saturated rings. The maximum absolute atomic E-state index is 12.8. The summed E-state index contributed by atoms with van der Waals surface area (Å²) in [4.78, 5) is 20.5. The van der Waals surface area contributed by atoms with Gasteiger partial charge in [-0.1, -0.05) is 18.2 Å². The first-order chi connectivity index (χ1) is 11.6. The third kappa shape index (κ3) is 2.20. The van der Waals surface area contributed by atoms with E-state index in [1.165, 1.54) is 27.6 Å². The average molecular weight is 323 g/mol. The summed E-state index contributed by atoms with van der Waals surface area (Å²) in [6.45, 7) is 6.46. The largest absolute Gasteiger partial charge is 0.361 e. The third-order valence-electron chi connectivity index (χ3n) is 5.60. The van der Waals surface area contributed by atoms with E-state index in [1.54, 1.807) is 0 Å². The molecule has 1 aromatic heterocycles. The number of carbonyl (C=O) groups excluding carboxylic acids is 1. The van der Waals surface area contributed by atoms with Gasteiger partial charge < -0.3 is 9.88 Å². The molecule has 24 heavy (non-hydrogen) atoms. The van der Waals surface area contributed by atoms with E-state index in [0.29, 0.717) is 6.04 Å². The summed E-state index contributed by atoms with van der Waals surface area (Å²) in [7, 11) is 2.15. The maximum atomic E-state index is 12.8. The molecule has 4 heteroatoms. The van der Waals surface area contributed by atoms with Gasteiger partial charge in [0.05, 0.1) is 12.0 Å². The molecule has 1 amide bonds. The second-order valence-electron chi connectivity index (χ2n) is 6.96. The van der Waals surface area contributed by atoms with Crippen molar-refractivity contribution in [3.8, 4) is 0 Å². The quantitative estimate of drug-likeness (QED) is 0.882. The molecule has 4 rings (SSSR count). The van der Waals surface area contributed by atoms with Crippen LogP contribution in [0.5, 0.6) is 0 Å². The lowest BCUT2D eigenvalue weighted by molar-refractivity contribution is -0.134. The van der Waals surface area contributed by atoms with Crippen molar-refractivity contribution < 1.29 is 4.79 Å². The summed E-state index contributed by atoms with van der Waals surface area (Å²) in [5, 5.41) is 1.38. The normalized spacial score (nSPS) is 23.0. The highest BCUT2D eigenvalue weighted by Crippen LogP contribution is 2.43. The van der Waals surface area contributed by atoms with Crippen LogP contribution in [0.25, 0.3) is 10.9 Å². The van der Waals surface area contributed by atoms with E-state index in [0.717, 1.165) is 26.1 Å². The van der Waals surface area contributed by atoms with E-state index < -0.39 is 0 Å². The van der Waals surface area contributed by atoms with Crippen LogP contribution in [0.1, 0.15) is 31.0 Å². The van der Waals surface area contributed by atoms with Gasteiger partial charge in [-0.3, -0.25) is 9.69 Å². The second kappa shape index (κ2) is 5.78. The van der Waals surface area contributed by atoms with Gasteiger partial charge in [0.25, 0.3) is 0 Å². The van der Waals surface area contributed by atoms with Crippen molar-refractivity contribution in [2.45, 2.75) is 26.3 Å². The smallest absolute Gasteiger partial charge is 0.230 e. The van der Waals surface area contributed by atoms with E-state index in [9.17, 15) is 4.79 Å². The van der Waals surface area contributed by atoms with E-state index in [2.05, 4.69) is 61.3 Å². The predicted octanol–water partition coefficient (Wildman–Crippen LogP) is 3.12. The van der Waals surface area contributed by atoms with Gasteiger partial charge in [0.2, 0.25) is 5.91 Å². The van der Waals surface area contributed by atoms with Crippen LogP contribution in [0.15, 0.2) is 36.0 Å². The lowest BCUT2D eigenvalue weighted by Gasteiger charge is -2.40. The molecule has 2 heterocycles. The molecule has 1 aliphatic carbocycles.